The van der Waals surface area contributed by atoms with E-state index >= 15 is 0 Å². The van der Waals surface area contributed by atoms with Gasteiger partial charge >= 0.3 is 0 Å². The smallest absolute Gasteiger partial charge is 0.271 e. The van der Waals surface area contributed by atoms with Crippen LogP contribution in [0.5, 0.6) is 0 Å². The number of aromatic nitrogens is 2. The average molecular weight is 291 g/mol. The van der Waals surface area contributed by atoms with Crippen molar-refractivity contribution in [2.24, 2.45) is 0 Å². The fraction of sp³-hybridized carbons (Fsp3) is 0.571. The molecule has 0 saturated carbocycles. The lowest BCUT2D eigenvalue weighted by molar-refractivity contribution is -0.122. The van der Waals surface area contributed by atoms with Crippen molar-refractivity contribution >= 4 is 11.8 Å². The number of aryl methyl sites for hydroxylation is 1. The van der Waals surface area contributed by atoms with Crippen molar-refractivity contribution in [2.45, 2.75) is 25.8 Å². The van der Waals surface area contributed by atoms with Crippen molar-refractivity contribution in [3.05, 3.63) is 23.8 Å². The first-order valence-electron chi connectivity index (χ1n) is 7.11. The minimum atomic E-state index is -0.188. The molecule has 0 aromatic carbocycles. The monoisotopic (exact) mass is 291 g/mol. The van der Waals surface area contributed by atoms with Gasteiger partial charge in [0, 0.05) is 32.4 Å². The molecule has 7 nitrogen and oxygen atoms in total. The van der Waals surface area contributed by atoms with Gasteiger partial charge in [0.15, 0.2) is 0 Å². The number of piperidine rings is 1. The Hall–Kier alpha value is -2.02. The Bertz CT molecular complexity index is 495. The highest BCUT2D eigenvalue weighted by Crippen LogP contribution is 2.10. The third kappa shape index (κ3) is 4.49. The van der Waals surface area contributed by atoms with Crippen LogP contribution >= 0.6 is 0 Å². The van der Waals surface area contributed by atoms with Crippen molar-refractivity contribution in [1.29, 1.82) is 0 Å². The molecule has 2 amide bonds. The van der Waals surface area contributed by atoms with Gasteiger partial charge in [0.05, 0.1) is 18.4 Å². The Balaban J connectivity index is 1.79. The summed E-state index contributed by atoms with van der Waals surface area (Å²) in [6, 6.07) is 0.126. The lowest BCUT2D eigenvalue weighted by Crippen LogP contribution is -2.47. The molecular weight excluding hydrogens is 270 g/mol. The summed E-state index contributed by atoms with van der Waals surface area (Å²) in [5.74, 6) is -0.167. The van der Waals surface area contributed by atoms with Crippen LogP contribution in [-0.4, -0.2) is 59.4 Å². The van der Waals surface area contributed by atoms with Crippen LogP contribution in [-0.2, 0) is 4.79 Å². The summed E-state index contributed by atoms with van der Waals surface area (Å²) in [5, 5.41) is 5.59. The number of likely N-dealkylation sites (N-methyl/N-ethyl adjacent to an activating group) is 1. The molecule has 7 heteroatoms. The maximum Gasteiger partial charge on any atom is 0.271 e. The maximum atomic E-state index is 12.0. The molecule has 1 fully saturated rings. The first-order chi connectivity index (χ1) is 10.1. The number of carbonyl (C=O) groups is 2. The highest BCUT2D eigenvalue weighted by atomic mass is 16.2. The zero-order valence-corrected chi connectivity index (χ0v) is 12.4. The van der Waals surface area contributed by atoms with Crippen LogP contribution in [0.2, 0.25) is 0 Å². The summed E-state index contributed by atoms with van der Waals surface area (Å²) >= 11 is 0. The molecule has 0 unspecified atom stereocenters. The second-order valence-corrected chi connectivity index (χ2v) is 5.24. The Morgan fingerprint density at radius 2 is 2.00 bits per heavy atom. The fourth-order valence-electron chi connectivity index (χ4n) is 2.29. The zero-order valence-electron chi connectivity index (χ0n) is 12.4. The number of hydrogen-bond acceptors (Lipinski definition) is 5. The zero-order chi connectivity index (χ0) is 15.2. The molecule has 1 aliphatic rings. The van der Waals surface area contributed by atoms with Gasteiger partial charge in [0.25, 0.3) is 5.91 Å². The number of carbonyl (C=O) groups excluding carboxylic acids is 2. The predicted octanol–water partition coefficient (Wildman–Crippen LogP) is -0.275. The molecule has 1 aromatic rings. The first kappa shape index (κ1) is 15.4. The molecule has 0 spiro atoms. The highest BCUT2D eigenvalue weighted by molar-refractivity contribution is 5.92. The molecule has 1 saturated heterocycles. The average Bonchev–Trinajstić information content (AvgIpc) is 2.49. The van der Waals surface area contributed by atoms with E-state index in [1.807, 2.05) is 6.92 Å². The summed E-state index contributed by atoms with van der Waals surface area (Å²) in [6.45, 7) is 3.85. The van der Waals surface area contributed by atoms with Crippen molar-refractivity contribution < 1.29 is 9.59 Å². The van der Waals surface area contributed by atoms with Gasteiger partial charge in [-0.25, -0.2) is 4.98 Å². The summed E-state index contributed by atoms with van der Waals surface area (Å²) < 4.78 is 0. The summed E-state index contributed by atoms with van der Waals surface area (Å²) in [7, 11) is 1.64. The molecule has 0 radical (unpaired) electrons. The van der Waals surface area contributed by atoms with Gasteiger partial charge in [-0.15, -0.1) is 0 Å². The van der Waals surface area contributed by atoms with E-state index in [1.165, 1.54) is 6.20 Å². The number of nitrogens with one attached hydrogen (secondary N) is 2. The van der Waals surface area contributed by atoms with Crippen molar-refractivity contribution in [1.82, 2.24) is 25.5 Å². The Kier molecular flexibility index (Phi) is 5.21. The maximum absolute atomic E-state index is 12.0. The third-order valence-electron chi connectivity index (χ3n) is 3.58. The van der Waals surface area contributed by atoms with Gasteiger partial charge in [0.2, 0.25) is 5.91 Å². The molecule has 1 aliphatic heterocycles. The minimum absolute atomic E-state index is 0.0208. The van der Waals surface area contributed by atoms with Crippen LogP contribution in [0.3, 0.4) is 0 Å². The SMILES string of the molecule is CNC(=O)CN1CCC(NC(=O)c2cnc(C)cn2)CC1. The van der Waals surface area contributed by atoms with Crippen molar-refractivity contribution in [3.63, 3.8) is 0 Å². The van der Waals surface area contributed by atoms with Gasteiger partial charge in [-0.1, -0.05) is 0 Å². The van der Waals surface area contributed by atoms with E-state index in [9.17, 15) is 9.59 Å². The normalized spacial score (nSPS) is 16.5. The van der Waals surface area contributed by atoms with Crippen LogP contribution in [0, 0.1) is 6.92 Å². The van der Waals surface area contributed by atoms with Crippen LogP contribution in [0.1, 0.15) is 29.0 Å². The van der Waals surface area contributed by atoms with Gasteiger partial charge in [-0.05, 0) is 19.8 Å². The Labute approximate surface area is 124 Å². The predicted molar refractivity (Wildman–Crippen MR) is 77.8 cm³/mol. The number of likely N-dealkylation sites (tertiary alicyclic amines) is 1. The fourth-order valence-corrected chi connectivity index (χ4v) is 2.29. The molecule has 0 atom stereocenters. The molecule has 2 N–H and O–H groups in total. The molecule has 0 bridgehead atoms. The number of hydrogen-bond donors (Lipinski definition) is 2. The third-order valence-corrected chi connectivity index (χ3v) is 3.58. The van der Waals surface area contributed by atoms with E-state index in [0.29, 0.717) is 12.2 Å². The van der Waals surface area contributed by atoms with E-state index in [4.69, 9.17) is 0 Å². The second kappa shape index (κ2) is 7.12. The van der Waals surface area contributed by atoms with Crippen molar-refractivity contribution in [2.75, 3.05) is 26.7 Å². The lowest BCUT2D eigenvalue weighted by atomic mass is 10.0. The molecular formula is C14H21N5O2. The first-order valence-corrected chi connectivity index (χ1v) is 7.11. The topological polar surface area (TPSA) is 87.2 Å². The van der Waals surface area contributed by atoms with E-state index in [-0.39, 0.29) is 17.9 Å². The standard InChI is InChI=1S/C14H21N5O2/c1-10-7-17-12(8-16-10)14(21)18-11-3-5-19(6-4-11)9-13(20)15-2/h7-8,11H,3-6,9H2,1-2H3,(H,15,20)(H,18,21). The second-order valence-electron chi connectivity index (χ2n) is 5.24. The van der Waals surface area contributed by atoms with Crippen LogP contribution in [0.4, 0.5) is 0 Å². The van der Waals surface area contributed by atoms with E-state index in [0.717, 1.165) is 31.6 Å². The molecule has 2 rings (SSSR count). The number of rotatable bonds is 4. The van der Waals surface area contributed by atoms with Gasteiger partial charge in [-0.2, -0.15) is 0 Å². The number of nitrogens with zero attached hydrogens (tertiary/aromatic N) is 3. The molecule has 114 valence electrons. The quantitative estimate of drug-likeness (QED) is 0.797. The van der Waals surface area contributed by atoms with E-state index in [1.54, 1.807) is 13.2 Å². The molecule has 2 heterocycles. The molecule has 0 aliphatic carbocycles. The Morgan fingerprint density at radius 1 is 1.29 bits per heavy atom. The van der Waals surface area contributed by atoms with E-state index in [2.05, 4.69) is 25.5 Å². The summed E-state index contributed by atoms with van der Waals surface area (Å²) in [4.78, 5) is 33.6. The minimum Gasteiger partial charge on any atom is -0.358 e. The molecule has 1 aromatic heterocycles. The highest BCUT2D eigenvalue weighted by Gasteiger charge is 2.22. The lowest BCUT2D eigenvalue weighted by Gasteiger charge is -2.31. The van der Waals surface area contributed by atoms with Crippen LogP contribution in [0.15, 0.2) is 12.4 Å². The summed E-state index contributed by atoms with van der Waals surface area (Å²) in [5.41, 5.74) is 1.13. The van der Waals surface area contributed by atoms with E-state index < -0.39 is 0 Å². The molecule has 21 heavy (non-hydrogen) atoms. The van der Waals surface area contributed by atoms with Crippen LogP contribution < -0.4 is 10.6 Å². The van der Waals surface area contributed by atoms with Crippen molar-refractivity contribution in [3.8, 4) is 0 Å². The van der Waals surface area contributed by atoms with Gasteiger partial charge < -0.3 is 10.6 Å². The summed E-state index contributed by atoms with van der Waals surface area (Å²) in [6.07, 6.45) is 4.75. The number of amides is 2. The van der Waals surface area contributed by atoms with Gasteiger partial charge in [0.1, 0.15) is 5.69 Å². The van der Waals surface area contributed by atoms with Gasteiger partial charge in [-0.3, -0.25) is 19.5 Å². The Morgan fingerprint density at radius 3 is 2.57 bits per heavy atom. The van der Waals surface area contributed by atoms with Crippen LogP contribution in [0.25, 0.3) is 0 Å². The largest absolute Gasteiger partial charge is 0.358 e.